The Bertz CT molecular complexity index is 918. The van der Waals surface area contributed by atoms with Crippen molar-refractivity contribution in [2.24, 2.45) is 0 Å². The summed E-state index contributed by atoms with van der Waals surface area (Å²) >= 11 is 8.87. The Hall–Kier alpha value is -1.47. The highest BCUT2D eigenvalue weighted by atomic mass is 79.9. The zero-order chi connectivity index (χ0) is 19.0. The standard InChI is InChI=1S/C20H23BrFN3OS/c21-14-6-7-16(22)13(10-14)5-4-12-8-9-25-19(12)17(24-20(25)27)11-18(26)23-15-2-1-3-15/h6-7,10,12,15H,1-5,8-9,11H2,(H,23,26)(H,24,27)/t12-/m1/s1. The summed E-state index contributed by atoms with van der Waals surface area (Å²) in [4.78, 5) is 15.6. The van der Waals surface area contributed by atoms with E-state index in [0.717, 1.165) is 53.7 Å². The fourth-order valence-corrected chi connectivity index (χ4v) is 4.84. The van der Waals surface area contributed by atoms with Crippen molar-refractivity contribution < 1.29 is 9.18 Å². The second kappa shape index (κ2) is 7.87. The van der Waals surface area contributed by atoms with Crippen molar-refractivity contribution in [3.63, 3.8) is 0 Å². The Balaban J connectivity index is 1.47. The van der Waals surface area contributed by atoms with Crippen LogP contribution in [-0.4, -0.2) is 21.5 Å². The molecule has 144 valence electrons. The number of aryl methyl sites for hydroxylation is 1. The van der Waals surface area contributed by atoms with Gasteiger partial charge >= 0.3 is 0 Å². The lowest BCUT2D eigenvalue weighted by Crippen LogP contribution is -2.40. The number of amides is 1. The van der Waals surface area contributed by atoms with Crippen molar-refractivity contribution in [1.29, 1.82) is 0 Å². The summed E-state index contributed by atoms with van der Waals surface area (Å²) in [5.74, 6) is 0.188. The molecule has 1 aromatic heterocycles. The summed E-state index contributed by atoms with van der Waals surface area (Å²) in [5.41, 5.74) is 2.79. The highest BCUT2D eigenvalue weighted by Crippen LogP contribution is 2.35. The van der Waals surface area contributed by atoms with E-state index >= 15 is 0 Å². The van der Waals surface area contributed by atoms with Gasteiger partial charge in [0.05, 0.1) is 6.42 Å². The monoisotopic (exact) mass is 451 g/mol. The number of rotatable bonds is 6. The van der Waals surface area contributed by atoms with E-state index in [1.165, 1.54) is 12.5 Å². The average Bonchev–Trinajstić information content (AvgIpc) is 3.14. The van der Waals surface area contributed by atoms with Crippen molar-refractivity contribution in [1.82, 2.24) is 14.9 Å². The molecule has 4 rings (SSSR count). The Morgan fingerprint density at radius 1 is 1.37 bits per heavy atom. The van der Waals surface area contributed by atoms with Crippen LogP contribution in [0.4, 0.5) is 4.39 Å². The van der Waals surface area contributed by atoms with Gasteiger partial charge in [-0.15, -0.1) is 0 Å². The van der Waals surface area contributed by atoms with E-state index in [1.54, 1.807) is 6.07 Å². The van der Waals surface area contributed by atoms with Gasteiger partial charge in [0, 0.05) is 34.4 Å². The molecule has 1 aromatic carbocycles. The predicted octanol–water partition coefficient (Wildman–Crippen LogP) is 4.78. The quantitative estimate of drug-likeness (QED) is 0.620. The molecule has 7 heteroatoms. The molecule has 27 heavy (non-hydrogen) atoms. The summed E-state index contributed by atoms with van der Waals surface area (Å²) in [5, 5.41) is 3.09. The number of carbonyl (C=O) groups is 1. The van der Waals surface area contributed by atoms with Crippen LogP contribution in [0.5, 0.6) is 0 Å². The SMILES string of the molecule is O=C(Cc1[nH]c(=S)n2c1[C@H](CCc1cc(Br)ccc1F)CC2)NC1CCC1. The van der Waals surface area contributed by atoms with Crippen molar-refractivity contribution in [2.75, 3.05) is 0 Å². The minimum absolute atomic E-state index is 0.0584. The number of aromatic amines is 1. The minimum atomic E-state index is -0.165. The van der Waals surface area contributed by atoms with Crippen LogP contribution in [0.3, 0.4) is 0 Å². The van der Waals surface area contributed by atoms with Crippen molar-refractivity contribution >= 4 is 34.1 Å². The van der Waals surface area contributed by atoms with E-state index in [4.69, 9.17) is 12.2 Å². The first kappa shape index (κ1) is 18.9. The topological polar surface area (TPSA) is 49.8 Å². The molecule has 0 spiro atoms. The number of H-pyrrole nitrogens is 1. The third-order valence-corrected chi connectivity index (χ3v) is 6.58. The summed E-state index contributed by atoms with van der Waals surface area (Å²) in [7, 11) is 0. The van der Waals surface area contributed by atoms with Gasteiger partial charge in [0.1, 0.15) is 5.82 Å². The van der Waals surface area contributed by atoms with E-state index in [0.29, 0.717) is 29.6 Å². The molecule has 0 bridgehead atoms. The number of hydrogen-bond acceptors (Lipinski definition) is 2. The number of carbonyl (C=O) groups excluding carboxylic acids is 1. The van der Waals surface area contributed by atoms with Crippen LogP contribution >= 0.6 is 28.1 Å². The van der Waals surface area contributed by atoms with E-state index in [-0.39, 0.29) is 11.7 Å². The van der Waals surface area contributed by atoms with Gasteiger partial charge in [0.15, 0.2) is 4.77 Å². The summed E-state index contributed by atoms with van der Waals surface area (Å²) in [6, 6.07) is 5.41. The van der Waals surface area contributed by atoms with Crippen molar-refractivity contribution in [3.8, 4) is 0 Å². The molecule has 2 N–H and O–H groups in total. The highest BCUT2D eigenvalue weighted by molar-refractivity contribution is 9.10. The second-order valence-electron chi connectivity index (χ2n) is 7.58. The van der Waals surface area contributed by atoms with Gasteiger partial charge < -0.3 is 14.9 Å². The molecular formula is C20H23BrFN3OS. The molecule has 2 heterocycles. The number of nitrogens with one attached hydrogen (secondary N) is 2. The maximum atomic E-state index is 14.1. The van der Waals surface area contributed by atoms with Gasteiger partial charge in [0.25, 0.3) is 0 Å². The number of hydrogen-bond donors (Lipinski definition) is 2. The average molecular weight is 452 g/mol. The third kappa shape index (κ3) is 4.04. The number of nitrogens with zero attached hydrogens (tertiary/aromatic N) is 1. The summed E-state index contributed by atoms with van der Waals surface area (Å²) in [6.07, 6.45) is 6.19. The van der Waals surface area contributed by atoms with Crippen LogP contribution in [0.2, 0.25) is 0 Å². The van der Waals surface area contributed by atoms with Crippen LogP contribution in [0.1, 0.15) is 55.0 Å². The maximum absolute atomic E-state index is 14.1. The fourth-order valence-electron chi connectivity index (χ4n) is 4.12. The van der Waals surface area contributed by atoms with Gasteiger partial charge in [-0.1, -0.05) is 15.9 Å². The molecule has 1 saturated carbocycles. The third-order valence-electron chi connectivity index (χ3n) is 5.77. The van der Waals surface area contributed by atoms with Crippen LogP contribution in [0.15, 0.2) is 22.7 Å². The first-order chi connectivity index (χ1) is 13.0. The van der Waals surface area contributed by atoms with E-state index < -0.39 is 0 Å². The minimum Gasteiger partial charge on any atom is -0.353 e. The van der Waals surface area contributed by atoms with Crippen LogP contribution < -0.4 is 5.32 Å². The molecule has 0 radical (unpaired) electrons. The van der Waals surface area contributed by atoms with Gasteiger partial charge in [-0.05, 0) is 74.5 Å². The first-order valence-electron chi connectivity index (χ1n) is 9.56. The van der Waals surface area contributed by atoms with E-state index in [2.05, 4.69) is 30.8 Å². The predicted molar refractivity (Wildman–Crippen MR) is 109 cm³/mol. The van der Waals surface area contributed by atoms with Crippen LogP contribution in [0.25, 0.3) is 0 Å². The van der Waals surface area contributed by atoms with Gasteiger partial charge in [-0.25, -0.2) is 4.39 Å². The normalized spacial score (nSPS) is 19.0. The molecule has 0 saturated heterocycles. The summed E-state index contributed by atoms with van der Waals surface area (Å²) in [6.45, 7) is 0.862. The lowest BCUT2D eigenvalue weighted by molar-refractivity contribution is -0.121. The molecule has 1 fully saturated rings. The zero-order valence-electron chi connectivity index (χ0n) is 15.1. The van der Waals surface area contributed by atoms with E-state index in [9.17, 15) is 9.18 Å². The molecule has 0 unspecified atom stereocenters. The number of benzene rings is 1. The lowest BCUT2D eigenvalue weighted by atomic mass is 9.92. The van der Waals surface area contributed by atoms with Gasteiger partial charge in [-0.3, -0.25) is 4.79 Å². The molecule has 1 aliphatic heterocycles. The Morgan fingerprint density at radius 3 is 2.93 bits per heavy atom. The highest BCUT2D eigenvalue weighted by Gasteiger charge is 2.29. The number of halogens is 2. The summed E-state index contributed by atoms with van der Waals surface area (Å²) < 4.78 is 17.7. The van der Waals surface area contributed by atoms with Crippen LogP contribution in [0, 0.1) is 10.6 Å². The Labute approximate surface area is 171 Å². The molecule has 1 aliphatic carbocycles. The largest absolute Gasteiger partial charge is 0.353 e. The number of imidazole rings is 1. The Kier molecular flexibility index (Phi) is 5.50. The molecular weight excluding hydrogens is 429 g/mol. The fraction of sp³-hybridized carbons (Fsp3) is 0.500. The van der Waals surface area contributed by atoms with Crippen molar-refractivity contribution in [3.05, 3.63) is 50.2 Å². The Morgan fingerprint density at radius 2 is 2.19 bits per heavy atom. The molecule has 1 amide bonds. The zero-order valence-corrected chi connectivity index (χ0v) is 17.5. The number of aromatic nitrogens is 2. The van der Waals surface area contributed by atoms with Gasteiger partial charge in [0.2, 0.25) is 5.91 Å². The smallest absolute Gasteiger partial charge is 0.226 e. The lowest BCUT2D eigenvalue weighted by Gasteiger charge is -2.26. The van der Waals surface area contributed by atoms with E-state index in [1.807, 2.05) is 6.07 Å². The van der Waals surface area contributed by atoms with Crippen LogP contribution in [-0.2, 0) is 24.2 Å². The second-order valence-corrected chi connectivity index (χ2v) is 8.88. The van der Waals surface area contributed by atoms with Gasteiger partial charge in [-0.2, -0.15) is 0 Å². The first-order valence-corrected chi connectivity index (χ1v) is 10.8. The molecule has 2 aromatic rings. The molecule has 4 nitrogen and oxygen atoms in total. The van der Waals surface area contributed by atoms with Crippen molar-refractivity contribution in [2.45, 2.75) is 63.5 Å². The number of fused-ring (bicyclic) bond motifs is 1. The molecule has 2 aliphatic rings. The maximum Gasteiger partial charge on any atom is 0.226 e. The molecule has 1 atom stereocenters.